The lowest BCUT2D eigenvalue weighted by atomic mass is 9.95. The fourth-order valence-corrected chi connectivity index (χ4v) is 3.07. The van der Waals surface area contributed by atoms with Crippen LogP contribution in [0.25, 0.3) is 6.08 Å². The van der Waals surface area contributed by atoms with E-state index in [1.807, 2.05) is 30.3 Å². The fraction of sp³-hybridized carbons (Fsp3) is 0.321. The molecule has 0 saturated carbocycles. The molecule has 2 rings (SSSR count). The topological polar surface area (TPSA) is 88.1 Å². The van der Waals surface area contributed by atoms with Crippen LogP contribution in [0.15, 0.2) is 60.7 Å². The normalized spacial score (nSPS) is 11.3. The predicted octanol–water partition coefficient (Wildman–Crippen LogP) is 4.58. The third-order valence-electron chi connectivity index (χ3n) is 4.68. The molecule has 0 aromatic heterocycles. The van der Waals surface area contributed by atoms with Crippen LogP contribution in [-0.4, -0.2) is 44.0 Å². The summed E-state index contributed by atoms with van der Waals surface area (Å²) in [5.41, 5.74) is 2.16. The Balaban J connectivity index is 2.32. The Labute approximate surface area is 206 Å². The minimum atomic E-state index is -1.11. The lowest BCUT2D eigenvalue weighted by Crippen LogP contribution is -2.30. The largest absolute Gasteiger partial charge is 0.509 e. The Hall–Kier alpha value is -4.05. The highest BCUT2D eigenvalue weighted by Gasteiger charge is 2.30. The van der Waals surface area contributed by atoms with Crippen molar-refractivity contribution in [2.24, 2.45) is 5.92 Å². The maximum Gasteiger partial charge on any atom is 0.509 e. The zero-order chi connectivity index (χ0) is 25.5. The van der Waals surface area contributed by atoms with Gasteiger partial charge in [0.05, 0.1) is 19.8 Å². The average molecular weight is 479 g/mol. The quantitative estimate of drug-likeness (QED) is 0.214. The van der Waals surface area contributed by atoms with Gasteiger partial charge in [0.25, 0.3) is 0 Å². The first-order valence-electron chi connectivity index (χ1n) is 11.5. The monoisotopic (exact) mass is 478 g/mol. The maximum absolute atomic E-state index is 12.4. The Morgan fingerprint density at radius 2 is 1.43 bits per heavy atom. The van der Waals surface area contributed by atoms with E-state index in [0.717, 1.165) is 5.56 Å². The van der Waals surface area contributed by atoms with E-state index in [1.165, 1.54) is 0 Å². The van der Waals surface area contributed by atoms with Crippen molar-refractivity contribution in [3.63, 3.8) is 0 Å². The molecule has 184 valence electrons. The molecule has 0 N–H and O–H groups in total. The van der Waals surface area contributed by atoms with E-state index in [-0.39, 0.29) is 26.2 Å². The molecule has 0 radical (unpaired) electrons. The van der Waals surface area contributed by atoms with Crippen molar-refractivity contribution in [1.29, 1.82) is 0 Å². The minimum Gasteiger partial charge on any atom is -0.465 e. The van der Waals surface area contributed by atoms with Crippen molar-refractivity contribution in [2.45, 2.75) is 33.3 Å². The van der Waals surface area contributed by atoms with Crippen LogP contribution in [0.3, 0.4) is 0 Å². The molecular formula is C28H30O7. The summed E-state index contributed by atoms with van der Waals surface area (Å²) >= 11 is 0. The molecule has 0 bridgehead atoms. The molecule has 0 spiro atoms. The van der Waals surface area contributed by atoms with Gasteiger partial charge in [-0.3, -0.25) is 9.59 Å². The number of rotatable bonds is 10. The van der Waals surface area contributed by atoms with Gasteiger partial charge in [-0.1, -0.05) is 60.5 Å². The van der Waals surface area contributed by atoms with Crippen molar-refractivity contribution in [2.75, 3.05) is 19.8 Å². The van der Waals surface area contributed by atoms with Gasteiger partial charge >= 0.3 is 18.1 Å². The highest BCUT2D eigenvalue weighted by Crippen LogP contribution is 2.17. The third-order valence-corrected chi connectivity index (χ3v) is 4.68. The summed E-state index contributed by atoms with van der Waals surface area (Å²) in [6.07, 6.45) is 1.80. The zero-order valence-corrected chi connectivity index (χ0v) is 20.2. The molecule has 7 heteroatoms. The summed E-state index contributed by atoms with van der Waals surface area (Å²) in [4.78, 5) is 36.7. The van der Waals surface area contributed by atoms with Crippen LogP contribution in [0.4, 0.5) is 4.79 Å². The smallest absolute Gasteiger partial charge is 0.465 e. The third kappa shape index (κ3) is 9.38. The Morgan fingerprint density at radius 3 is 2.06 bits per heavy atom. The number of esters is 2. The van der Waals surface area contributed by atoms with Gasteiger partial charge in [0.1, 0.15) is 0 Å². The summed E-state index contributed by atoms with van der Waals surface area (Å²) < 4.78 is 20.3. The standard InChI is InChI=1S/C28H30O7/c1-4-32-26(29)25(27(30)33-5-2)20-23-15-11-10-14-22(23)17-19-24(35-28(31)34-6-3)18-16-21-12-8-7-9-13-21/h7-16,18,24-25H,4-6,20H2,1-3H3/b18-16+. The van der Waals surface area contributed by atoms with E-state index in [9.17, 15) is 14.4 Å². The lowest BCUT2D eigenvalue weighted by Gasteiger charge is -2.15. The molecule has 1 atom stereocenters. The molecule has 0 aliphatic carbocycles. The van der Waals surface area contributed by atoms with Gasteiger partial charge in [0.15, 0.2) is 12.0 Å². The van der Waals surface area contributed by atoms with E-state index in [0.29, 0.717) is 11.1 Å². The van der Waals surface area contributed by atoms with Gasteiger partial charge in [-0.2, -0.15) is 0 Å². The first kappa shape index (κ1) is 27.2. The summed E-state index contributed by atoms with van der Waals surface area (Å²) in [6.45, 7) is 5.50. The predicted molar refractivity (Wildman–Crippen MR) is 131 cm³/mol. The molecule has 0 saturated heterocycles. The van der Waals surface area contributed by atoms with Crippen LogP contribution in [0.5, 0.6) is 0 Å². The second-order valence-electron chi connectivity index (χ2n) is 7.18. The van der Waals surface area contributed by atoms with Gasteiger partial charge in [-0.25, -0.2) is 4.79 Å². The summed E-state index contributed by atoms with van der Waals surface area (Å²) in [6, 6.07) is 16.6. The number of carbonyl (C=O) groups excluding carboxylic acids is 3. The molecule has 35 heavy (non-hydrogen) atoms. The molecule has 2 aromatic carbocycles. The van der Waals surface area contributed by atoms with Crippen LogP contribution >= 0.6 is 0 Å². The van der Waals surface area contributed by atoms with E-state index < -0.39 is 30.1 Å². The van der Waals surface area contributed by atoms with E-state index in [1.54, 1.807) is 57.2 Å². The first-order valence-corrected chi connectivity index (χ1v) is 11.5. The Kier molecular flexibility index (Phi) is 11.6. The molecule has 2 aromatic rings. The molecular weight excluding hydrogens is 448 g/mol. The SMILES string of the molecule is CCOC(=O)OC(C#Cc1ccccc1CC(C(=O)OCC)C(=O)OCC)/C=C/c1ccccc1. The number of hydrogen-bond acceptors (Lipinski definition) is 7. The van der Waals surface area contributed by atoms with Crippen molar-refractivity contribution >= 4 is 24.2 Å². The van der Waals surface area contributed by atoms with Crippen LogP contribution in [0, 0.1) is 17.8 Å². The van der Waals surface area contributed by atoms with Crippen molar-refractivity contribution in [1.82, 2.24) is 0 Å². The van der Waals surface area contributed by atoms with E-state index in [2.05, 4.69) is 11.8 Å². The average Bonchev–Trinajstić information content (AvgIpc) is 2.85. The van der Waals surface area contributed by atoms with Gasteiger partial charge < -0.3 is 18.9 Å². The van der Waals surface area contributed by atoms with Crippen molar-refractivity contribution in [3.05, 3.63) is 77.4 Å². The molecule has 0 aliphatic rings. The summed E-state index contributed by atoms with van der Waals surface area (Å²) in [7, 11) is 0. The molecule has 0 amide bonds. The number of carbonyl (C=O) groups is 3. The fourth-order valence-electron chi connectivity index (χ4n) is 3.07. The second kappa shape index (κ2) is 15.0. The minimum absolute atomic E-state index is 0.0613. The molecule has 0 fully saturated rings. The lowest BCUT2D eigenvalue weighted by molar-refractivity contribution is -0.161. The highest BCUT2D eigenvalue weighted by atomic mass is 16.7. The van der Waals surface area contributed by atoms with Crippen LogP contribution in [0.1, 0.15) is 37.5 Å². The number of benzene rings is 2. The van der Waals surface area contributed by atoms with Crippen LogP contribution in [0.2, 0.25) is 0 Å². The van der Waals surface area contributed by atoms with Crippen molar-refractivity contribution < 1.29 is 33.3 Å². The molecule has 0 aliphatic heterocycles. The number of hydrogen-bond donors (Lipinski definition) is 0. The van der Waals surface area contributed by atoms with Crippen molar-refractivity contribution in [3.8, 4) is 11.8 Å². The zero-order valence-electron chi connectivity index (χ0n) is 20.2. The number of ether oxygens (including phenoxy) is 4. The van der Waals surface area contributed by atoms with Crippen LogP contribution in [-0.2, 0) is 35.0 Å². The highest BCUT2D eigenvalue weighted by molar-refractivity contribution is 5.95. The Morgan fingerprint density at radius 1 is 0.829 bits per heavy atom. The van der Waals surface area contributed by atoms with Gasteiger partial charge in [0, 0.05) is 5.56 Å². The molecule has 1 unspecified atom stereocenters. The van der Waals surface area contributed by atoms with Gasteiger partial charge in [-0.15, -0.1) is 0 Å². The Bertz CT molecular complexity index is 1050. The summed E-state index contributed by atoms with van der Waals surface area (Å²) in [5.74, 6) is 3.52. The molecule has 7 nitrogen and oxygen atoms in total. The van der Waals surface area contributed by atoms with E-state index >= 15 is 0 Å². The first-order chi connectivity index (χ1) is 17.0. The second-order valence-corrected chi connectivity index (χ2v) is 7.18. The van der Waals surface area contributed by atoms with Gasteiger partial charge in [-0.05, 0) is 56.4 Å². The maximum atomic E-state index is 12.4. The molecule has 0 heterocycles. The summed E-state index contributed by atoms with van der Waals surface area (Å²) in [5, 5.41) is 0. The van der Waals surface area contributed by atoms with E-state index in [4.69, 9.17) is 18.9 Å². The van der Waals surface area contributed by atoms with Crippen LogP contribution < -0.4 is 0 Å². The van der Waals surface area contributed by atoms with Gasteiger partial charge in [0.2, 0.25) is 0 Å².